The maximum absolute atomic E-state index is 14.6. The van der Waals surface area contributed by atoms with Crippen molar-refractivity contribution in [2.75, 3.05) is 52.9 Å². The summed E-state index contributed by atoms with van der Waals surface area (Å²) in [5.74, 6) is -1.05. The van der Waals surface area contributed by atoms with Crippen LogP contribution < -0.4 is 18.9 Å². The molecule has 452 valence electrons. The molecule has 0 saturated carbocycles. The number of rotatable bonds is 38. The third-order valence-electron chi connectivity index (χ3n) is 14.4. The number of hydrogen-bond acceptors (Lipinski definition) is 15. The molecule has 1 aliphatic carbocycles. The minimum absolute atomic E-state index is 0.00399. The van der Waals surface area contributed by atoms with Crippen molar-refractivity contribution in [1.82, 2.24) is 0 Å². The fraction of sp³-hybridized carbons (Fsp3) is 0.464. The number of esters is 3. The van der Waals surface area contributed by atoms with Gasteiger partial charge in [0.05, 0.1) is 6.61 Å². The highest BCUT2D eigenvalue weighted by molar-refractivity contribution is 5.99. The molecule has 0 heterocycles. The number of aliphatic hydroxyl groups excluding tert-OH is 1. The molecule has 0 amide bonds. The van der Waals surface area contributed by atoms with Crippen molar-refractivity contribution in [3.8, 4) is 23.0 Å². The zero-order valence-corrected chi connectivity index (χ0v) is 49.9. The van der Waals surface area contributed by atoms with E-state index in [2.05, 4.69) is 47.4 Å². The highest BCUT2D eigenvalue weighted by atomic mass is 16.6. The molecule has 0 fully saturated rings. The zero-order chi connectivity index (χ0) is 60.8. The predicted molar refractivity (Wildman–Crippen MR) is 323 cm³/mol. The van der Waals surface area contributed by atoms with E-state index in [1.54, 1.807) is 48.5 Å². The van der Waals surface area contributed by atoms with E-state index in [1.165, 1.54) is 0 Å². The van der Waals surface area contributed by atoms with Gasteiger partial charge in [-0.15, -0.1) is 0 Å². The Bertz CT molecular complexity index is 2800. The SMILES string of the molecule is C=CC(=O)OCCOc1c2cc(C(=O)CCCCC)cc1Cc1cc(C(=O)CCCCC)cc(c1OCCOC(=O)C=C)Cc1cc(C(=O)CCCCC)cc(c1OCCOC(=O)C=C)Cc1cc(C(=O)CCCCC)cc(c1OCCO)C2. The zero-order valence-electron chi connectivity index (χ0n) is 49.9. The van der Waals surface area contributed by atoms with Crippen molar-refractivity contribution in [2.45, 2.75) is 156 Å². The molecular formula is C69H86O15. The lowest BCUT2D eigenvalue weighted by atomic mass is 9.86. The largest absolute Gasteiger partial charge is 0.491 e. The van der Waals surface area contributed by atoms with Crippen LogP contribution in [0.25, 0.3) is 0 Å². The van der Waals surface area contributed by atoms with Gasteiger partial charge in [0.2, 0.25) is 0 Å². The summed E-state index contributed by atoms with van der Waals surface area (Å²) in [5.41, 5.74) is 5.73. The smallest absolute Gasteiger partial charge is 0.330 e. The molecule has 0 saturated heterocycles. The van der Waals surface area contributed by atoms with E-state index in [1.807, 2.05) is 0 Å². The summed E-state index contributed by atoms with van der Waals surface area (Å²) in [6.45, 7) is 17.5. The second-order valence-corrected chi connectivity index (χ2v) is 21.0. The Kier molecular flexibility index (Phi) is 28.9. The number of ether oxygens (including phenoxy) is 7. The van der Waals surface area contributed by atoms with Crippen molar-refractivity contribution in [1.29, 1.82) is 0 Å². The van der Waals surface area contributed by atoms with Gasteiger partial charge in [0.25, 0.3) is 0 Å². The first-order valence-corrected chi connectivity index (χ1v) is 30.0. The first-order chi connectivity index (χ1) is 40.7. The number of carbonyl (C=O) groups is 7. The van der Waals surface area contributed by atoms with Crippen LogP contribution in [0.5, 0.6) is 23.0 Å². The Morgan fingerprint density at radius 1 is 0.357 bits per heavy atom. The molecule has 0 aliphatic heterocycles. The minimum Gasteiger partial charge on any atom is -0.491 e. The fourth-order valence-electron chi connectivity index (χ4n) is 10.2. The van der Waals surface area contributed by atoms with Crippen LogP contribution in [-0.2, 0) is 54.3 Å². The van der Waals surface area contributed by atoms with Crippen molar-refractivity contribution >= 4 is 41.0 Å². The number of fused-ring (bicyclic) bond motifs is 8. The summed E-state index contributed by atoms with van der Waals surface area (Å²) >= 11 is 0. The first kappa shape index (κ1) is 67.1. The normalized spacial score (nSPS) is 11.6. The van der Waals surface area contributed by atoms with Crippen LogP contribution >= 0.6 is 0 Å². The van der Waals surface area contributed by atoms with Crippen LogP contribution in [0, 0.1) is 0 Å². The molecule has 4 aromatic carbocycles. The van der Waals surface area contributed by atoms with Crippen molar-refractivity contribution in [3.05, 3.63) is 153 Å². The molecule has 4 aromatic rings. The van der Waals surface area contributed by atoms with Crippen LogP contribution in [0.1, 0.15) is 216 Å². The van der Waals surface area contributed by atoms with Crippen molar-refractivity contribution in [2.24, 2.45) is 0 Å². The number of unbranched alkanes of at least 4 members (excludes halogenated alkanes) is 8. The summed E-state index contributed by atoms with van der Waals surface area (Å²) in [6, 6.07) is 14.3. The molecule has 0 unspecified atom stereocenters. The molecule has 1 N–H and O–H groups in total. The highest BCUT2D eigenvalue weighted by Gasteiger charge is 2.28. The molecular weight excluding hydrogens is 1070 g/mol. The van der Waals surface area contributed by atoms with E-state index in [4.69, 9.17) is 33.2 Å². The monoisotopic (exact) mass is 1150 g/mol. The van der Waals surface area contributed by atoms with Gasteiger partial charge in [-0.05, 0) is 119 Å². The van der Waals surface area contributed by atoms with E-state index in [0.29, 0.717) is 115 Å². The summed E-state index contributed by atoms with van der Waals surface area (Å²) in [7, 11) is 0. The molecule has 5 rings (SSSR count). The molecule has 15 nitrogen and oxygen atoms in total. The lowest BCUT2D eigenvalue weighted by Gasteiger charge is -2.24. The van der Waals surface area contributed by atoms with Crippen LogP contribution in [0.2, 0.25) is 0 Å². The fourth-order valence-corrected chi connectivity index (χ4v) is 10.2. The van der Waals surface area contributed by atoms with E-state index in [9.17, 15) is 38.7 Å². The molecule has 15 heteroatoms. The Balaban J connectivity index is 2.01. The summed E-state index contributed by atoms with van der Waals surface area (Å²) in [4.78, 5) is 95.3. The first-order valence-electron chi connectivity index (χ1n) is 30.0. The van der Waals surface area contributed by atoms with Gasteiger partial charge in [-0.2, -0.15) is 0 Å². The molecule has 1 aliphatic rings. The number of hydrogen-bond donors (Lipinski definition) is 1. The number of aliphatic hydroxyl groups is 1. The second kappa shape index (κ2) is 36.1. The third-order valence-corrected chi connectivity index (χ3v) is 14.4. The number of ketones is 4. The lowest BCUT2D eigenvalue weighted by Crippen LogP contribution is -2.16. The Hall–Kier alpha value is -7.65. The van der Waals surface area contributed by atoms with Gasteiger partial charge in [0, 0.05) is 91.8 Å². The predicted octanol–water partition coefficient (Wildman–Crippen LogP) is 13.1. The van der Waals surface area contributed by atoms with E-state index < -0.39 is 17.9 Å². The highest BCUT2D eigenvalue weighted by Crippen LogP contribution is 2.42. The minimum atomic E-state index is -0.654. The topological polar surface area (TPSA) is 204 Å². The molecule has 84 heavy (non-hydrogen) atoms. The maximum atomic E-state index is 14.6. The third kappa shape index (κ3) is 20.6. The van der Waals surface area contributed by atoms with E-state index in [0.717, 1.165) is 69.6 Å². The van der Waals surface area contributed by atoms with Crippen LogP contribution in [0.4, 0.5) is 0 Å². The lowest BCUT2D eigenvalue weighted by molar-refractivity contribution is -0.139. The maximum Gasteiger partial charge on any atom is 0.330 e. The quantitative estimate of drug-likeness (QED) is 0.0128. The number of benzene rings is 4. The summed E-state index contributed by atoms with van der Waals surface area (Å²) in [5, 5.41) is 10.4. The Labute approximate surface area is 496 Å². The van der Waals surface area contributed by atoms with Gasteiger partial charge >= 0.3 is 17.9 Å². The molecule has 0 spiro atoms. The summed E-state index contributed by atoms with van der Waals surface area (Å²) in [6.07, 6.45) is 13.7. The van der Waals surface area contributed by atoms with Crippen LogP contribution in [-0.4, -0.2) is 99.0 Å². The van der Waals surface area contributed by atoms with E-state index in [-0.39, 0.29) is 127 Å². The Morgan fingerprint density at radius 3 is 0.762 bits per heavy atom. The Morgan fingerprint density at radius 2 is 0.571 bits per heavy atom. The van der Waals surface area contributed by atoms with Gasteiger partial charge in [0.15, 0.2) is 23.1 Å². The van der Waals surface area contributed by atoms with Crippen molar-refractivity contribution < 1.29 is 71.8 Å². The summed E-state index contributed by atoms with van der Waals surface area (Å²) < 4.78 is 43.0. The molecule has 0 radical (unpaired) electrons. The van der Waals surface area contributed by atoms with Gasteiger partial charge in [-0.3, -0.25) is 19.2 Å². The molecule has 8 bridgehead atoms. The van der Waals surface area contributed by atoms with Gasteiger partial charge in [-0.1, -0.05) is 98.8 Å². The van der Waals surface area contributed by atoms with Gasteiger partial charge in [0.1, 0.15) is 69.2 Å². The standard InChI is InChI=1S/C69H86O15/c1-8-15-19-23-59(71)47-35-51-43-53-37-48(60(72)24-20-16-9-2)39-55(67(53)82-32-29-78-63(75)12-5)45-57-41-50(62(74)26-22-18-11-4)42-58(69(57)84-34-31-80-65(77)14-7)46-56-40-49(61(73)25-21-17-10-3)38-54(44-52(36-47)66(51)81-28-27-70)68(56)83-33-30-79-64(76)13-6/h12-14,35-42,70H,5-11,15-34,43-46H2,1-4H3. The average Bonchev–Trinajstić information content (AvgIpc) is 2.67. The van der Waals surface area contributed by atoms with Gasteiger partial charge < -0.3 is 38.3 Å². The van der Waals surface area contributed by atoms with E-state index >= 15 is 0 Å². The van der Waals surface area contributed by atoms with Crippen LogP contribution in [0.3, 0.4) is 0 Å². The average molecular weight is 1160 g/mol. The number of Topliss-reactive ketones (excluding diaryl/α,β-unsaturated/α-hetero) is 4. The van der Waals surface area contributed by atoms with Crippen molar-refractivity contribution in [3.63, 3.8) is 0 Å². The molecule has 0 aromatic heterocycles. The van der Waals surface area contributed by atoms with Crippen LogP contribution in [0.15, 0.2) is 86.5 Å². The second-order valence-electron chi connectivity index (χ2n) is 21.0. The number of carbonyl (C=O) groups excluding carboxylic acids is 7. The molecule has 0 atom stereocenters. The van der Waals surface area contributed by atoms with Gasteiger partial charge in [-0.25, -0.2) is 14.4 Å².